The molecule has 3 aliphatic heterocycles. The van der Waals surface area contributed by atoms with Gasteiger partial charge in [0.1, 0.15) is 6.10 Å². The Balaban J connectivity index is 1.55. The van der Waals surface area contributed by atoms with Gasteiger partial charge in [-0.2, -0.15) is 0 Å². The number of carbonyl (C=O) groups excluding carboxylic acids is 1. The van der Waals surface area contributed by atoms with Crippen LogP contribution in [0, 0.1) is 11.8 Å². The number of hydrogen-bond acceptors (Lipinski definition) is 4. The second-order valence-electron chi connectivity index (χ2n) is 8.74. The predicted molar refractivity (Wildman–Crippen MR) is 123 cm³/mol. The van der Waals surface area contributed by atoms with Gasteiger partial charge in [-0.1, -0.05) is 55.3 Å². The van der Waals surface area contributed by atoms with Crippen molar-refractivity contribution in [2.45, 2.75) is 38.3 Å². The Morgan fingerprint density at radius 2 is 2.00 bits per heavy atom. The molecule has 0 aliphatic carbocycles. The Labute approximate surface area is 188 Å². The molecule has 3 fully saturated rings. The minimum atomic E-state index is -0.369. The summed E-state index contributed by atoms with van der Waals surface area (Å²) < 4.78 is 6.28. The standard InChI is InChI=1S/C26H27ClN2O2/c1-2-17-16-29-14-12-18(17)15-24(29)25(31-26(30)21-8-3-5-9-22(21)27)20-11-13-28-23-10-6-4-7-19(20)23/h3-11,13,17-18,24-25H,2,12,14-16H2,1H3/t17-,18-,24+,25+/m0/s1. The second-order valence-corrected chi connectivity index (χ2v) is 9.15. The summed E-state index contributed by atoms with van der Waals surface area (Å²) in [6, 6.07) is 17.3. The van der Waals surface area contributed by atoms with E-state index < -0.39 is 0 Å². The smallest absolute Gasteiger partial charge is 0.340 e. The molecule has 3 saturated heterocycles. The van der Waals surface area contributed by atoms with Crippen LogP contribution in [0.15, 0.2) is 60.8 Å². The maximum Gasteiger partial charge on any atom is 0.340 e. The second kappa shape index (κ2) is 8.60. The van der Waals surface area contributed by atoms with Crippen molar-refractivity contribution < 1.29 is 9.53 Å². The first-order valence-corrected chi connectivity index (χ1v) is 11.6. The van der Waals surface area contributed by atoms with E-state index in [2.05, 4.69) is 22.9 Å². The SMILES string of the molecule is CC[C@H]1CN2CC[C@H]1C[C@@H]2[C@H](OC(=O)c1ccccc1Cl)c1ccnc2ccccc12. The van der Waals surface area contributed by atoms with Crippen molar-refractivity contribution in [3.05, 3.63) is 76.9 Å². The topological polar surface area (TPSA) is 42.4 Å². The van der Waals surface area contributed by atoms with Crippen LogP contribution >= 0.6 is 11.6 Å². The lowest BCUT2D eigenvalue weighted by Gasteiger charge is -2.51. The number of halogens is 1. The summed E-state index contributed by atoms with van der Waals surface area (Å²) in [6.45, 7) is 4.43. The first-order valence-electron chi connectivity index (χ1n) is 11.2. The van der Waals surface area contributed by atoms with E-state index in [0.29, 0.717) is 16.5 Å². The molecule has 3 aromatic rings. The van der Waals surface area contributed by atoms with Crippen molar-refractivity contribution in [3.63, 3.8) is 0 Å². The summed E-state index contributed by atoms with van der Waals surface area (Å²) in [5, 5.41) is 1.46. The third kappa shape index (κ3) is 3.83. The molecule has 0 N–H and O–H groups in total. The van der Waals surface area contributed by atoms with E-state index in [1.165, 1.54) is 12.8 Å². The highest BCUT2D eigenvalue weighted by Crippen LogP contribution is 2.44. The van der Waals surface area contributed by atoms with E-state index in [4.69, 9.17) is 16.3 Å². The van der Waals surface area contributed by atoms with Gasteiger partial charge in [0.2, 0.25) is 0 Å². The van der Waals surface area contributed by atoms with Gasteiger partial charge in [0.25, 0.3) is 0 Å². The molecule has 2 aromatic carbocycles. The molecule has 31 heavy (non-hydrogen) atoms. The first-order chi connectivity index (χ1) is 15.2. The number of carbonyl (C=O) groups is 1. The fourth-order valence-corrected chi connectivity index (χ4v) is 5.69. The van der Waals surface area contributed by atoms with Gasteiger partial charge < -0.3 is 4.74 Å². The molecule has 0 radical (unpaired) electrons. The summed E-state index contributed by atoms with van der Waals surface area (Å²) in [4.78, 5) is 20.3. The van der Waals surface area contributed by atoms with Gasteiger partial charge in [-0.15, -0.1) is 0 Å². The van der Waals surface area contributed by atoms with Gasteiger partial charge in [0.15, 0.2) is 0 Å². The average molecular weight is 435 g/mol. The van der Waals surface area contributed by atoms with E-state index in [9.17, 15) is 4.79 Å². The molecule has 2 bridgehead atoms. The molecule has 0 amide bonds. The number of para-hydroxylation sites is 1. The van der Waals surface area contributed by atoms with Gasteiger partial charge in [-0.25, -0.2) is 4.79 Å². The van der Waals surface area contributed by atoms with Crippen molar-refractivity contribution in [2.24, 2.45) is 11.8 Å². The third-order valence-electron chi connectivity index (χ3n) is 7.13. The molecule has 6 rings (SSSR count). The van der Waals surface area contributed by atoms with Crippen molar-refractivity contribution in [3.8, 4) is 0 Å². The lowest BCUT2D eigenvalue weighted by molar-refractivity contribution is -0.0659. The molecule has 5 atom stereocenters. The molecule has 0 saturated carbocycles. The number of nitrogens with zero attached hydrogens (tertiary/aromatic N) is 2. The molecular formula is C26H27ClN2O2. The lowest BCUT2D eigenvalue weighted by atomic mass is 9.72. The van der Waals surface area contributed by atoms with Crippen LogP contribution in [-0.4, -0.2) is 35.0 Å². The normalized spacial score (nSPS) is 26.0. The van der Waals surface area contributed by atoms with Crippen molar-refractivity contribution in [1.82, 2.24) is 9.88 Å². The third-order valence-corrected chi connectivity index (χ3v) is 7.46. The number of piperidine rings is 3. The number of hydrogen-bond donors (Lipinski definition) is 0. The zero-order chi connectivity index (χ0) is 21.4. The van der Waals surface area contributed by atoms with E-state index in [-0.39, 0.29) is 18.1 Å². The molecule has 5 heteroatoms. The highest BCUT2D eigenvalue weighted by atomic mass is 35.5. The minimum absolute atomic E-state index is 0.166. The minimum Gasteiger partial charge on any atom is -0.452 e. The summed E-state index contributed by atoms with van der Waals surface area (Å²) in [7, 11) is 0. The van der Waals surface area contributed by atoms with Crippen LogP contribution in [0.1, 0.15) is 48.2 Å². The van der Waals surface area contributed by atoms with Gasteiger partial charge >= 0.3 is 5.97 Å². The summed E-state index contributed by atoms with van der Waals surface area (Å²) in [5.41, 5.74) is 2.35. The van der Waals surface area contributed by atoms with Crippen LogP contribution in [0.25, 0.3) is 10.9 Å². The summed E-state index contributed by atoms with van der Waals surface area (Å²) >= 11 is 6.31. The van der Waals surface area contributed by atoms with Gasteiger partial charge in [-0.3, -0.25) is 9.88 Å². The number of esters is 1. The maximum atomic E-state index is 13.2. The first kappa shape index (κ1) is 20.5. The van der Waals surface area contributed by atoms with Crippen LogP contribution < -0.4 is 0 Å². The lowest BCUT2D eigenvalue weighted by Crippen LogP contribution is -2.55. The highest BCUT2D eigenvalue weighted by Gasteiger charge is 2.44. The summed E-state index contributed by atoms with van der Waals surface area (Å²) in [6.07, 6.45) is 4.94. The van der Waals surface area contributed by atoms with Gasteiger partial charge in [0.05, 0.1) is 22.1 Å². The molecule has 1 aromatic heterocycles. The van der Waals surface area contributed by atoms with E-state index in [1.807, 2.05) is 42.6 Å². The van der Waals surface area contributed by atoms with Crippen LogP contribution in [0.2, 0.25) is 5.02 Å². The molecule has 0 spiro atoms. The Hall–Kier alpha value is -2.43. The number of ether oxygens (including phenoxy) is 1. The van der Waals surface area contributed by atoms with E-state index >= 15 is 0 Å². The Bertz CT molecular complexity index is 1100. The fourth-order valence-electron chi connectivity index (χ4n) is 5.48. The van der Waals surface area contributed by atoms with Crippen LogP contribution in [0.5, 0.6) is 0 Å². The van der Waals surface area contributed by atoms with Crippen LogP contribution in [-0.2, 0) is 4.74 Å². The Kier molecular flexibility index (Phi) is 5.68. The van der Waals surface area contributed by atoms with E-state index in [1.54, 1.807) is 12.1 Å². The Morgan fingerprint density at radius 1 is 1.19 bits per heavy atom. The van der Waals surface area contributed by atoms with Crippen molar-refractivity contribution >= 4 is 28.5 Å². The number of rotatable bonds is 5. The average Bonchev–Trinajstić information content (AvgIpc) is 2.82. The Morgan fingerprint density at radius 3 is 2.77 bits per heavy atom. The quantitative estimate of drug-likeness (QED) is 0.468. The molecule has 4 heterocycles. The number of fused-ring (bicyclic) bond motifs is 4. The van der Waals surface area contributed by atoms with Crippen molar-refractivity contribution in [2.75, 3.05) is 13.1 Å². The number of pyridine rings is 1. The molecule has 3 aliphatic rings. The largest absolute Gasteiger partial charge is 0.452 e. The molecular weight excluding hydrogens is 408 g/mol. The maximum absolute atomic E-state index is 13.2. The number of aromatic nitrogens is 1. The fraction of sp³-hybridized carbons (Fsp3) is 0.385. The van der Waals surface area contributed by atoms with Crippen molar-refractivity contribution in [1.29, 1.82) is 0 Å². The zero-order valence-corrected chi connectivity index (χ0v) is 18.5. The molecule has 1 unspecified atom stereocenters. The van der Waals surface area contributed by atoms with Crippen LogP contribution in [0.3, 0.4) is 0 Å². The van der Waals surface area contributed by atoms with Gasteiger partial charge in [0, 0.05) is 23.7 Å². The molecule has 160 valence electrons. The van der Waals surface area contributed by atoms with Gasteiger partial charge in [-0.05, 0) is 55.5 Å². The highest BCUT2D eigenvalue weighted by molar-refractivity contribution is 6.33. The molecule has 4 nitrogen and oxygen atoms in total. The summed E-state index contributed by atoms with van der Waals surface area (Å²) in [5.74, 6) is 1.06. The van der Waals surface area contributed by atoms with E-state index in [0.717, 1.165) is 41.9 Å². The van der Waals surface area contributed by atoms with Crippen LogP contribution in [0.4, 0.5) is 0 Å². The number of benzene rings is 2. The zero-order valence-electron chi connectivity index (χ0n) is 17.7. The predicted octanol–water partition coefficient (Wildman–Crippen LogP) is 5.91. The monoisotopic (exact) mass is 434 g/mol.